The molecule has 2 heteroatoms. The van der Waals surface area contributed by atoms with Crippen LogP contribution in [0.3, 0.4) is 0 Å². The third kappa shape index (κ3) is 6.49. The summed E-state index contributed by atoms with van der Waals surface area (Å²) >= 11 is 0. The topological polar surface area (TPSA) is 3.24 Å². The van der Waals surface area contributed by atoms with Gasteiger partial charge in [0.15, 0.2) is 0 Å². The Balaban J connectivity index is 0. The van der Waals surface area contributed by atoms with Crippen molar-refractivity contribution in [3.63, 3.8) is 0 Å². The van der Waals surface area contributed by atoms with Gasteiger partial charge in [-0.3, -0.25) is 0 Å². The molecule has 0 saturated heterocycles. The number of hydrogen-bond acceptors (Lipinski definition) is 1. The molecule has 0 aromatic heterocycles. The van der Waals surface area contributed by atoms with Crippen LogP contribution in [0.25, 0.3) is 0 Å². The third-order valence-corrected chi connectivity index (χ3v) is 1.08. The summed E-state index contributed by atoms with van der Waals surface area (Å²) in [5, 5.41) is 0. The van der Waals surface area contributed by atoms with E-state index in [1.54, 1.807) is 0 Å². The second-order valence-electron chi connectivity index (χ2n) is 1.49. The van der Waals surface area contributed by atoms with Gasteiger partial charge >= 0.3 is 0 Å². The van der Waals surface area contributed by atoms with Crippen molar-refractivity contribution < 1.29 is 0 Å². The SMILES string of the molecule is CCN(C)CC.[Al]. The molecule has 0 fully saturated rings. The molecule has 7 heavy (non-hydrogen) atoms. The van der Waals surface area contributed by atoms with Crippen LogP contribution in [0.5, 0.6) is 0 Å². The van der Waals surface area contributed by atoms with Crippen molar-refractivity contribution in [1.29, 1.82) is 0 Å². The number of rotatable bonds is 2. The standard InChI is InChI=1S/C5H13N.Al/c1-4-6(3)5-2;/h4-5H2,1-3H3;. The molecule has 0 rings (SSSR count). The Morgan fingerprint density at radius 3 is 1.43 bits per heavy atom. The van der Waals surface area contributed by atoms with Crippen molar-refractivity contribution in [2.75, 3.05) is 20.1 Å². The van der Waals surface area contributed by atoms with Gasteiger partial charge < -0.3 is 4.90 Å². The molecule has 0 aliphatic rings. The van der Waals surface area contributed by atoms with Crippen LogP contribution >= 0.6 is 0 Å². The number of hydrogen-bond donors (Lipinski definition) is 0. The molecule has 0 aromatic rings. The second-order valence-corrected chi connectivity index (χ2v) is 1.49. The maximum absolute atomic E-state index is 2.25. The van der Waals surface area contributed by atoms with Gasteiger partial charge in [0.05, 0.1) is 0 Å². The van der Waals surface area contributed by atoms with E-state index in [-0.39, 0.29) is 17.4 Å². The molecule has 0 spiro atoms. The summed E-state index contributed by atoms with van der Waals surface area (Å²) in [6.07, 6.45) is 0. The zero-order valence-corrected chi connectivity index (χ0v) is 6.59. The van der Waals surface area contributed by atoms with E-state index in [9.17, 15) is 0 Å². The van der Waals surface area contributed by atoms with Gasteiger partial charge in [0.1, 0.15) is 0 Å². The molecule has 0 aliphatic heterocycles. The molecule has 0 aliphatic carbocycles. The minimum atomic E-state index is 0. The van der Waals surface area contributed by atoms with E-state index in [0.717, 1.165) is 13.1 Å². The van der Waals surface area contributed by atoms with Crippen LogP contribution in [0.1, 0.15) is 13.8 Å². The fraction of sp³-hybridized carbons (Fsp3) is 1.00. The molecular formula is C5H13AlN. The first-order valence-electron chi connectivity index (χ1n) is 2.49. The smallest absolute Gasteiger partial charge is 0 e. The lowest BCUT2D eigenvalue weighted by molar-refractivity contribution is 0.373. The summed E-state index contributed by atoms with van der Waals surface area (Å²) in [5.74, 6) is 0. The Labute approximate surface area is 56.8 Å². The largest absolute Gasteiger partial charge is 0.307 e. The summed E-state index contributed by atoms with van der Waals surface area (Å²) in [4.78, 5) is 2.25. The highest BCUT2D eigenvalue weighted by molar-refractivity contribution is 5.75. The molecule has 3 radical (unpaired) electrons. The van der Waals surface area contributed by atoms with Crippen LogP contribution in [-0.4, -0.2) is 42.4 Å². The maximum Gasteiger partial charge on any atom is 0 e. The van der Waals surface area contributed by atoms with Gasteiger partial charge in [-0.2, -0.15) is 0 Å². The van der Waals surface area contributed by atoms with E-state index in [1.165, 1.54) is 0 Å². The average molecular weight is 114 g/mol. The van der Waals surface area contributed by atoms with Crippen LogP contribution < -0.4 is 0 Å². The van der Waals surface area contributed by atoms with Crippen LogP contribution in [0.15, 0.2) is 0 Å². The zero-order valence-electron chi connectivity index (χ0n) is 5.44. The molecule has 0 N–H and O–H groups in total. The third-order valence-electron chi connectivity index (χ3n) is 1.08. The van der Waals surface area contributed by atoms with E-state index < -0.39 is 0 Å². The lowest BCUT2D eigenvalue weighted by Gasteiger charge is -2.07. The predicted octanol–water partition coefficient (Wildman–Crippen LogP) is 0.577. The molecule has 0 amide bonds. The second kappa shape index (κ2) is 6.49. The molecule has 0 heterocycles. The Bertz CT molecular complexity index is 27.3. The van der Waals surface area contributed by atoms with Crippen molar-refractivity contribution in [2.24, 2.45) is 0 Å². The summed E-state index contributed by atoms with van der Waals surface area (Å²) < 4.78 is 0. The van der Waals surface area contributed by atoms with Gasteiger partial charge in [-0.25, -0.2) is 0 Å². The monoisotopic (exact) mass is 114 g/mol. The lowest BCUT2D eigenvalue weighted by atomic mass is 10.6. The molecule has 0 saturated carbocycles. The minimum absolute atomic E-state index is 0. The van der Waals surface area contributed by atoms with Crippen molar-refractivity contribution in [2.45, 2.75) is 13.8 Å². The molecule has 0 aromatic carbocycles. The summed E-state index contributed by atoms with van der Waals surface area (Å²) in [7, 11) is 2.11. The van der Waals surface area contributed by atoms with Crippen molar-refractivity contribution in [3.8, 4) is 0 Å². The molecule has 41 valence electrons. The Morgan fingerprint density at radius 1 is 1.14 bits per heavy atom. The van der Waals surface area contributed by atoms with E-state index in [2.05, 4.69) is 25.8 Å². The highest BCUT2D eigenvalue weighted by atomic mass is 27.0. The first-order valence-corrected chi connectivity index (χ1v) is 2.49. The van der Waals surface area contributed by atoms with E-state index >= 15 is 0 Å². The Hall–Kier alpha value is 0.492. The minimum Gasteiger partial charge on any atom is -0.307 e. The summed E-state index contributed by atoms with van der Waals surface area (Å²) in [6, 6.07) is 0. The van der Waals surface area contributed by atoms with Gasteiger partial charge in [-0.15, -0.1) is 0 Å². The predicted molar refractivity (Wildman–Crippen MR) is 34.6 cm³/mol. The van der Waals surface area contributed by atoms with E-state index in [1.807, 2.05) is 0 Å². The van der Waals surface area contributed by atoms with Crippen LogP contribution in [0.2, 0.25) is 0 Å². The highest BCUT2D eigenvalue weighted by Gasteiger charge is 1.81. The first-order chi connectivity index (χ1) is 2.81. The van der Waals surface area contributed by atoms with Gasteiger partial charge in [0, 0.05) is 17.4 Å². The van der Waals surface area contributed by atoms with E-state index in [4.69, 9.17) is 0 Å². The molecule has 0 bridgehead atoms. The quantitative estimate of drug-likeness (QED) is 0.474. The van der Waals surface area contributed by atoms with Gasteiger partial charge in [-0.1, -0.05) is 13.8 Å². The van der Waals surface area contributed by atoms with Crippen molar-refractivity contribution in [1.82, 2.24) is 4.90 Å². The Morgan fingerprint density at radius 2 is 1.43 bits per heavy atom. The van der Waals surface area contributed by atoms with Crippen molar-refractivity contribution >= 4 is 17.4 Å². The van der Waals surface area contributed by atoms with Crippen LogP contribution in [-0.2, 0) is 0 Å². The summed E-state index contributed by atoms with van der Waals surface area (Å²) in [5.41, 5.74) is 0. The van der Waals surface area contributed by atoms with Gasteiger partial charge in [0.25, 0.3) is 0 Å². The highest BCUT2D eigenvalue weighted by Crippen LogP contribution is 1.73. The normalized spacial score (nSPS) is 8.57. The maximum atomic E-state index is 2.25. The average Bonchev–Trinajstić information content (AvgIpc) is 1.65. The fourth-order valence-electron chi connectivity index (χ4n) is 0.224. The molecular weight excluding hydrogens is 101 g/mol. The van der Waals surface area contributed by atoms with Gasteiger partial charge in [0.2, 0.25) is 0 Å². The van der Waals surface area contributed by atoms with Crippen LogP contribution in [0, 0.1) is 0 Å². The molecule has 0 unspecified atom stereocenters. The van der Waals surface area contributed by atoms with E-state index in [0.29, 0.717) is 0 Å². The first kappa shape index (κ1) is 10.5. The number of nitrogens with zero attached hydrogens (tertiary/aromatic N) is 1. The molecule has 0 atom stereocenters. The summed E-state index contributed by atoms with van der Waals surface area (Å²) in [6.45, 7) is 6.64. The Kier molecular flexibility index (Phi) is 9.71. The van der Waals surface area contributed by atoms with Crippen molar-refractivity contribution in [3.05, 3.63) is 0 Å². The van der Waals surface area contributed by atoms with Crippen LogP contribution in [0.4, 0.5) is 0 Å². The molecule has 1 nitrogen and oxygen atoms in total. The van der Waals surface area contributed by atoms with Gasteiger partial charge in [-0.05, 0) is 20.1 Å². The lowest BCUT2D eigenvalue weighted by Crippen LogP contribution is -2.15. The fourth-order valence-corrected chi connectivity index (χ4v) is 0.224. The zero-order chi connectivity index (χ0) is 4.99.